The summed E-state index contributed by atoms with van der Waals surface area (Å²) < 4.78 is 18.5. The SMILES string of the molecule is CCCCN(C)C1CCC(=O)N(CCOc2ccc(F)cc2)CC1. The predicted octanol–water partition coefficient (Wildman–Crippen LogP) is 3.32. The normalized spacial score (nSPS) is 18.8. The number of carbonyl (C=O) groups excluding carboxylic acids is 1. The lowest BCUT2D eigenvalue weighted by Gasteiger charge is -2.27. The Hall–Kier alpha value is -1.62. The number of unbranched alkanes of at least 4 members (excludes halogenated alkanes) is 1. The first kappa shape index (κ1) is 18.7. The van der Waals surface area contributed by atoms with Crippen molar-refractivity contribution in [2.45, 2.75) is 45.1 Å². The first-order valence-corrected chi connectivity index (χ1v) is 8.96. The van der Waals surface area contributed by atoms with Crippen molar-refractivity contribution in [3.63, 3.8) is 0 Å². The van der Waals surface area contributed by atoms with Crippen molar-refractivity contribution < 1.29 is 13.9 Å². The summed E-state index contributed by atoms with van der Waals surface area (Å²) >= 11 is 0. The van der Waals surface area contributed by atoms with Crippen molar-refractivity contribution in [1.29, 1.82) is 0 Å². The van der Waals surface area contributed by atoms with E-state index in [2.05, 4.69) is 18.9 Å². The molecule has 134 valence electrons. The lowest BCUT2D eigenvalue weighted by Crippen LogP contribution is -2.35. The summed E-state index contributed by atoms with van der Waals surface area (Å²) in [5.74, 6) is 0.572. The van der Waals surface area contributed by atoms with Crippen LogP contribution in [0.15, 0.2) is 24.3 Å². The third kappa shape index (κ3) is 5.78. The second kappa shape index (κ2) is 9.62. The van der Waals surface area contributed by atoms with Crippen LogP contribution in [0.25, 0.3) is 0 Å². The minimum absolute atomic E-state index is 0.212. The molecule has 5 heteroatoms. The van der Waals surface area contributed by atoms with Crippen LogP contribution in [0.4, 0.5) is 4.39 Å². The molecule has 1 heterocycles. The van der Waals surface area contributed by atoms with Crippen LogP contribution >= 0.6 is 0 Å². The Balaban J connectivity index is 1.76. The van der Waals surface area contributed by atoms with E-state index in [1.54, 1.807) is 12.1 Å². The van der Waals surface area contributed by atoms with Crippen molar-refractivity contribution in [1.82, 2.24) is 9.80 Å². The highest BCUT2D eigenvalue weighted by Gasteiger charge is 2.24. The Morgan fingerprint density at radius 3 is 2.75 bits per heavy atom. The minimum Gasteiger partial charge on any atom is -0.492 e. The number of hydrogen-bond acceptors (Lipinski definition) is 3. The Bertz CT molecular complexity index is 507. The van der Waals surface area contributed by atoms with E-state index < -0.39 is 0 Å². The molecular formula is C19H29FN2O2. The smallest absolute Gasteiger partial charge is 0.222 e. The minimum atomic E-state index is -0.275. The molecule has 1 atom stereocenters. The van der Waals surface area contributed by atoms with E-state index in [1.165, 1.54) is 25.0 Å². The molecule has 0 spiro atoms. The average molecular weight is 336 g/mol. The second-order valence-corrected chi connectivity index (χ2v) is 6.50. The Morgan fingerprint density at radius 2 is 2.04 bits per heavy atom. The number of nitrogens with zero attached hydrogens (tertiary/aromatic N) is 2. The average Bonchev–Trinajstić information content (AvgIpc) is 2.77. The number of carbonyl (C=O) groups is 1. The maximum absolute atomic E-state index is 12.9. The van der Waals surface area contributed by atoms with Gasteiger partial charge in [0.15, 0.2) is 0 Å². The third-order valence-corrected chi connectivity index (χ3v) is 4.71. The Kier molecular flexibility index (Phi) is 7.50. The van der Waals surface area contributed by atoms with Gasteiger partial charge in [0.2, 0.25) is 5.91 Å². The van der Waals surface area contributed by atoms with Crippen LogP contribution < -0.4 is 4.74 Å². The molecule has 0 saturated carbocycles. The van der Waals surface area contributed by atoms with Gasteiger partial charge in [-0.25, -0.2) is 4.39 Å². The van der Waals surface area contributed by atoms with Gasteiger partial charge in [-0.15, -0.1) is 0 Å². The zero-order chi connectivity index (χ0) is 17.4. The highest BCUT2D eigenvalue weighted by Crippen LogP contribution is 2.17. The lowest BCUT2D eigenvalue weighted by atomic mass is 10.1. The molecule has 0 bridgehead atoms. The third-order valence-electron chi connectivity index (χ3n) is 4.71. The van der Waals surface area contributed by atoms with E-state index >= 15 is 0 Å². The van der Waals surface area contributed by atoms with E-state index in [9.17, 15) is 9.18 Å². The molecule has 1 aliphatic heterocycles. The van der Waals surface area contributed by atoms with Gasteiger partial charge in [0.05, 0.1) is 6.54 Å². The van der Waals surface area contributed by atoms with E-state index in [0.29, 0.717) is 31.4 Å². The van der Waals surface area contributed by atoms with Crippen molar-refractivity contribution in [3.8, 4) is 5.75 Å². The summed E-state index contributed by atoms with van der Waals surface area (Å²) in [6, 6.07) is 6.46. The molecule has 24 heavy (non-hydrogen) atoms. The number of likely N-dealkylation sites (tertiary alicyclic amines) is 1. The van der Waals surface area contributed by atoms with Gasteiger partial charge in [-0.1, -0.05) is 13.3 Å². The summed E-state index contributed by atoms with van der Waals surface area (Å²) in [6.45, 7) is 5.11. The standard InChI is InChI=1S/C19H29FN2O2/c1-3-4-12-21(2)17-7-10-19(23)22(13-11-17)14-15-24-18-8-5-16(20)6-9-18/h5-6,8-9,17H,3-4,7,10-15H2,1-2H3. The van der Waals surface area contributed by atoms with Crippen molar-refractivity contribution >= 4 is 5.91 Å². The molecule has 0 aromatic heterocycles. The van der Waals surface area contributed by atoms with Gasteiger partial charge in [-0.2, -0.15) is 0 Å². The number of benzene rings is 1. The van der Waals surface area contributed by atoms with Crippen molar-refractivity contribution in [2.24, 2.45) is 0 Å². The number of amides is 1. The topological polar surface area (TPSA) is 32.8 Å². The van der Waals surface area contributed by atoms with E-state index in [-0.39, 0.29) is 11.7 Å². The zero-order valence-electron chi connectivity index (χ0n) is 14.8. The second-order valence-electron chi connectivity index (χ2n) is 6.50. The highest BCUT2D eigenvalue weighted by atomic mass is 19.1. The molecule has 0 radical (unpaired) electrons. The number of rotatable bonds is 8. The van der Waals surface area contributed by atoms with Gasteiger partial charge >= 0.3 is 0 Å². The summed E-state index contributed by atoms with van der Waals surface area (Å²) in [5, 5.41) is 0. The van der Waals surface area contributed by atoms with Crippen LogP contribution in [0, 0.1) is 5.82 Å². The first-order valence-electron chi connectivity index (χ1n) is 8.96. The van der Waals surface area contributed by atoms with E-state index in [0.717, 1.165) is 25.9 Å². The monoisotopic (exact) mass is 336 g/mol. The molecule has 1 aliphatic rings. The van der Waals surface area contributed by atoms with E-state index in [1.807, 2.05) is 4.90 Å². The summed E-state index contributed by atoms with van der Waals surface area (Å²) in [6.07, 6.45) is 4.97. The van der Waals surface area contributed by atoms with Crippen LogP contribution in [0.3, 0.4) is 0 Å². The van der Waals surface area contributed by atoms with Gasteiger partial charge < -0.3 is 14.5 Å². The van der Waals surface area contributed by atoms with E-state index in [4.69, 9.17) is 4.74 Å². The summed E-state index contributed by atoms with van der Waals surface area (Å²) in [5.41, 5.74) is 0. The number of halogens is 1. The molecular weight excluding hydrogens is 307 g/mol. The van der Waals surface area contributed by atoms with Gasteiger partial charge in [0.25, 0.3) is 0 Å². The lowest BCUT2D eigenvalue weighted by molar-refractivity contribution is -0.131. The fourth-order valence-electron chi connectivity index (χ4n) is 3.09. The van der Waals surface area contributed by atoms with Crippen molar-refractivity contribution in [3.05, 3.63) is 30.1 Å². The number of ether oxygens (including phenoxy) is 1. The van der Waals surface area contributed by atoms with Crippen molar-refractivity contribution in [2.75, 3.05) is 33.3 Å². The highest BCUT2D eigenvalue weighted by molar-refractivity contribution is 5.76. The largest absolute Gasteiger partial charge is 0.492 e. The predicted molar refractivity (Wildman–Crippen MR) is 93.7 cm³/mol. The molecule has 2 rings (SSSR count). The van der Waals surface area contributed by atoms with Crippen LogP contribution in [-0.2, 0) is 4.79 Å². The Labute approximate surface area is 144 Å². The van der Waals surface area contributed by atoms with Crippen LogP contribution in [0.1, 0.15) is 39.0 Å². The molecule has 1 saturated heterocycles. The first-order chi connectivity index (χ1) is 11.6. The van der Waals surface area contributed by atoms with Crippen LogP contribution in [0.2, 0.25) is 0 Å². The van der Waals surface area contributed by atoms with Gasteiger partial charge in [0.1, 0.15) is 18.2 Å². The van der Waals surface area contributed by atoms with Gasteiger partial charge in [0, 0.05) is 19.0 Å². The quantitative estimate of drug-likeness (QED) is 0.730. The maximum Gasteiger partial charge on any atom is 0.222 e. The molecule has 1 fully saturated rings. The maximum atomic E-state index is 12.9. The molecule has 4 nitrogen and oxygen atoms in total. The summed E-state index contributed by atoms with van der Waals surface area (Å²) in [4.78, 5) is 16.6. The van der Waals surface area contributed by atoms with Crippen LogP contribution in [0.5, 0.6) is 5.75 Å². The molecule has 1 unspecified atom stereocenters. The van der Waals surface area contributed by atoms with Gasteiger partial charge in [-0.3, -0.25) is 4.79 Å². The molecule has 1 aromatic carbocycles. The number of hydrogen-bond donors (Lipinski definition) is 0. The molecule has 1 amide bonds. The molecule has 1 aromatic rings. The fourth-order valence-corrected chi connectivity index (χ4v) is 3.09. The summed E-state index contributed by atoms with van der Waals surface area (Å²) in [7, 11) is 2.16. The zero-order valence-corrected chi connectivity index (χ0v) is 14.8. The Morgan fingerprint density at radius 1 is 1.29 bits per heavy atom. The van der Waals surface area contributed by atoms with Gasteiger partial charge in [-0.05, 0) is 57.1 Å². The van der Waals surface area contributed by atoms with Crippen LogP contribution in [-0.4, -0.2) is 55.0 Å². The fraction of sp³-hybridized carbons (Fsp3) is 0.632. The molecule has 0 aliphatic carbocycles. The molecule has 0 N–H and O–H groups in total.